The molecule has 1 unspecified atom stereocenters. The molecule has 3 heteroatoms. The van der Waals surface area contributed by atoms with Crippen molar-refractivity contribution < 1.29 is 4.79 Å². The molecule has 0 saturated carbocycles. The van der Waals surface area contributed by atoms with Crippen molar-refractivity contribution in [2.45, 2.75) is 12.8 Å². The molecule has 0 spiro atoms. The summed E-state index contributed by atoms with van der Waals surface area (Å²) >= 11 is 0. The first kappa shape index (κ1) is 6.99. The van der Waals surface area contributed by atoms with Gasteiger partial charge in [-0.25, -0.2) is 0 Å². The van der Waals surface area contributed by atoms with Crippen LogP contribution in [0.2, 0.25) is 0 Å². The highest BCUT2D eigenvalue weighted by molar-refractivity contribution is 5.60. The van der Waals surface area contributed by atoms with Gasteiger partial charge in [-0.1, -0.05) is 6.92 Å². The van der Waals surface area contributed by atoms with Crippen molar-refractivity contribution >= 4 is 6.29 Å². The van der Waals surface area contributed by atoms with Crippen molar-refractivity contribution in [1.29, 1.82) is 0 Å². The minimum Gasteiger partial charge on any atom is -0.303 e. The average molecular weight is 138 g/mol. The maximum Gasteiger partial charge on any atom is 0.127 e. The van der Waals surface area contributed by atoms with E-state index >= 15 is 0 Å². The molecule has 0 radical (unpaired) electrons. The fraction of sp³-hybridized carbons (Fsp3) is 0.429. The molecule has 0 fully saturated rings. The van der Waals surface area contributed by atoms with E-state index in [1.54, 1.807) is 10.9 Å². The Kier molecular flexibility index (Phi) is 1.85. The standard InChI is InChI=1S/C7H10N2O/c1-6(5-10)7-3-8-9(2)4-7/h3-6H,1-2H3. The molecule has 0 bridgehead atoms. The fourth-order valence-corrected chi connectivity index (χ4v) is 0.754. The van der Waals surface area contributed by atoms with Gasteiger partial charge in [0.1, 0.15) is 6.29 Å². The Morgan fingerprint density at radius 2 is 2.50 bits per heavy atom. The van der Waals surface area contributed by atoms with Crippen molar-refractivity contribution in [3.05, 3.63) is 18.0 Å². The number of hydrogen-bond acceptors (Lipinski definition) is 2. The molecule has 54 valence electrons. The summed E-state index contributed by atoms with van der Waals surface area (Å²) in [6.45, 7) is 1.85. The Hall–Kier alpha value is -1.12. The zero-order chi connectivity index (χ0) is 7.56. The van der Waals surface area contributed by atoms with Gasteiger partial charge in [0.25, 0.3) is 0 Å². The molecule has 0 N–H and O–H groups in total. The number of aryl methyl sites for hydroxylation is 1. The second kappa shape index (κ2) is 2.64. The predicted molar refractivity (Wildman–Crippen MR) is 37.7 cm³/mol. The van der Waals surface area contributed by atoms with Gasteiger partial charge < -0.3 is 4.79 Å². The minimum absolute atomic E-state index is 0.0336. The second-order valence-electron chi connectivity index (χ2n) is 2.37. The highest BCUT2D eigenvalue weighted by Gasteiger charge is 2.03. The van der Waals surface area contributed by atoms with Gasteiger partial charge in [-0.15, -0.1) is 0 Å². The molecule has 3 nitrogen and oxygen atoms in total. The number of carbonyl (C=O) groups excluding carboxylic acids is 1. The van der Waals surface area contributed by atoms with E-state index in [2.05, 4.69) is 5.10 Å². The van der Waals surface area contributed by atoms with Crippen molar-refractivity contribution in [2.24, 2.45) is 7.05 Å². The molecule has 0 aliphatic rings. The zero-order valence-electron chi connectivity index (χ0n) is 6.11. The molecular formula is C7H10N2O. The fourth-order valence-electron chi connectivity index (χ4n) is 0.754. The average Bonchev–Trinajstić information content (AvgIpc) is 2.34. The van der Waals surface area contributed by atoms with Gasteiger partial charge in [0.15, 0.2) is 0 Å². The summed E-state index contributed by atoms with van der Waals surface area (Å²) in [6, 6.07) is 0. The molecule has 1 atom stereocenters. The molecule has 10 heavy (non-hydrogen) atoms. The Bertz CT molecular complexity index is 229. The summed E-state index contributed by atoms with van der Waals surface area (Å²) < 4.78 is 1.69. The summed E-state index contributed by atoms with van der Waals surface area (Å²) in [5.74, 6) is -0.0336. The second-order valence-corrected chi connectivity index (χ2v) is 2.37. The molecule has 0 aromatic carbocycles. The van der Waals surface area contributed by atoms with Crippen LogP contribution in [0.1, 0.15) is 18.4 Å². The smallest absolute Gasteiger partial charge is 0.127 e. The first-order valence-electron chi connectivity index (χ1n) is 3.18. The monoisotopic (exact) mass is 138 g/mol. The highest BCUT2D eigenvalue weighted by atomic mass is 16.1. The predicted octanol–water partition coefficient (Wildman–Crippen LogP) is 0.723. The van der Waals surface area contributed by atoms with Gasteiger partial charge in [0.05, 0.1) is 6.20 Å². The lowest BCUT2D eigenvalue weighted by molar-refractivity contribution is -0.108. The largest absolute Gasteiger partial charge is 0.303 e. The Morgan fingerprint density at radius 1 is 1.80 bits per heavy atom. The number of nitrogens with zero attached hydrogens (tertiary/aromatic N) is 2. The third-order valence-corrected chi connectivity index (χ3v) is 1.45. The molecule has 1 heterocycles. The molecule has 1 aromatic rings. The molecule has 0 aliphatic heterocycles. The van der Waals surface area contributed by atoms with E-state index in [0.717, 1.165) is 11.8 Å². The summed E-state index contributed by atoms with van der Waals surface area (Å²) in [5, 5.41) is 3.94. The molecule has 1 rings (SSSR count). The first-order chi connectivity index (χ1) is 4.74. The lowest BCUT2D eigenvalue weighted by Gasteiger charge is -1.94. The maximum absolute atomic E-state index is 10.3. The van der Waals surface area contributed by atoms with E-state index in [1.165, 1.54) is 0 Å². The number of rotatable bonds is 2. The SMILES string of the molecule is CC(C=O)c1cnn(C)c1. The summed E-state index contributed by atoms with van der Waals surface area (Å²) in [6.07, 6.45) is 4.47. The van der Waals surface area contributed by atoms with Crippen LogP contribution in [0.4, 0.5) is 0 Å². The zero-order valence-corrected chi connectivity index (χ0v) is 6.11. The number of hydrogen-bond donors (Lipinski definition) is 0. The Balaban J connectivity index is 2.84. The van der Waals surface area contributed by atoms with Crippen molar-refractivity contribution in [1.82, 2.24) is 9.78 Å². The lowest BCUT2D eigenvalue weighted by atomic mass is 10.1. The van der Waals surface area contributed by atoms with Crippen LogP contribution in [0.15, 0.2) is 12.4 Å². The van der Waals surface area contributed by atoms with Crippen molar-refractivity contribution in [2.75, 3.05) is 0 Å². The van der Waals surface area contributed by atoms with Crippen LogP contribution in [0.25, 0.3) is 0 Å². The Morgan fingerprint density at radius 3 is 2.90 bits per heavy atom. The molecule has 0 saturated heterocycles. The van der Waals surface area contributed by atoms with Gasteiger partial charge >= 0.3 is 0 Å². The highest BCUT2D eigenvalue weighted by Crippen LogP contribution is 2.09. The van der Waals surface area contributed by atoms with Gasteiger partial charge in [0, 0.05) is 19.2 Å². The number of carbonyl (C=O) groups is 1. The van der Waals surface area contributed by atoms with Crippen molar-refractivity contribution in [3.63, 3.8) is 0 Å². The van der Waals surface area contributed by atoms with Gasteiger partial charge in [-0.2, -0.15) is 5.10 Å². The van der Waals surface area contributed by atoms with Gasteiger partial charge in [0.2, 0.25) is 0 Å². The lowest BCUT2D eigenvalue weighted by Crippen LogP contribution is -1.91. The first-order valence-corrected chi connectivity index (χ1v) is 3.18. The van der Waals surface area contributed by atoms with E-state index in [0.29, 0.717) is 0 Å². The van der Waals surface area contributed by atoms with Crippen LogP contribution in [0.3, 0.4) is 0 Å². The van der Waals surface area contributed by atoms with Crippen molar-refractivity contribution in [3.8, 4) is 0 Å². The van der Waals surface area contributed by atoms with Crippen LogP contribution in [-0.2, 0) is 11.8 Å². The van der Waals surface area contributed by atoms with Crippen LogP contribution in [-0.4, -0.2) is 16.1 Å². The molecule has 0 aliphatic carbocycles. The van der Waals surface area contributed by atoms with E-state index in [4.69, 9.17) is 0 Å². The quantitative estimate of drug-likeness (QED) is 0.564. The molecule has 0 amide bonds. The van der Waals surface area contributed by atoms with E-state index in [1.807, 2.05) is 20.2 Å². The molecular weight excluding hydrogens is 128 g/mol. The van der Waals surface area contributed by atoms with Crippen LogP contribution in [0, 0.1) is 0 Å². The number of aldehydes is 1. The third kappa shape index (κ3) is 1.23. The van der Waals surface area contributed by atoms with Crippen LogP contribution >= 0.6 is 0 Å². The summed E-state index contributed by atoms with van der Waals surface area (Å²) in [7, 11) is 1.83. The third-order valence-electron chi connectivity index (χ3n) is 1.45. The summed E-state index contributed by atoms with van der Waals surface area (Å²) in [4.78, 5) is 10.3. The Labute approximate surface area is 59.7 Å². The topological polar surface area (TPSA) is 34.9 Å². The maximum atomic E-state index is 10.3. The van der Waals surface area contributed by atoms with E-state index < -0.39 is 0 Å². The van der Waals surface area contributed by atoms with Crippen LogP contribution in [0.5, 0.6) is 0 Å². The van der Waals surface area contributed by atoms with Gasteiger partial charge in [-0.05, 0) is 5.56 Å². The number of aromatic nitrogens is 2. The molecule has 1 aromatic heterocycles. The normalized spacial score (nSPS) is 13.0. The minimum atomic E-state index is -0.0336. The van der Waals surface area contributed by atoms with Crippen LogP contribution < -0.4 is 0 Å². The summed E-state index contributed by atoms with van der Waals surface area (Å²) in [5.41, 5.74) is 0.970. The van der Waals surface area contributed by atoms with Gasteiger partial charge in [-0.3, -0.25) is 4.68 Å². The van der Waals surface area contributed by atoms with E-state index in [9.17, 15) is 4.79 Å². The van der Waals surface area contributed by atoms with E-state index in [-0.39, 0.29) is 5.92 Å².